The lowest BCUT2D eigenvalue weighted by Gasteiger charge is -2.37. The van der Waals surface area contributed by atoms with E-state index in [0.717, 1.165) is 21.4 Å². The summed E-state index contributed by atoms with van der Waals surface area (Å²) in [6, 6.07) is 7.93. The number of para-hydroxylation sites is 1. The highest BCUT2D eigenvalue weighted by Crippen LogP contribution is 2.27. The van der Waals surface area contributed by atoms with Gasteiger partial charge in [0.05, 0.1) is 31.8 Å². The summed E-state index contributed by atoms with van der Waals surface area (Å²) in [5.41, 5.74) is 0.690. The van der Waals surface area contributed by atoms with Gasteiger partial charge in [0, 0.05) is 62.8 Å². The van der Waals surface area contributed by atoms with Crippen molar-refractivity contribution in [3.05, 3.63) is 71.9 Å². The fourth-order valence-corrected chi connectivity index (χ4v) is 12.9. The van der Waals surface area contributed by atoms with Crippen LogP contribution < -0.4 is 85.9 Å². The fourth-order valence-electron chi connectivity index (χ4n) is 12.9. The number of carbonyl (C=O) groups is 18. The molecule has 2 aliphatic heterocycles. The van der Waals surface area contributed by atoms with E-state index in [2.05, 4.69) is 79.4 Å². The number of nitrogens with one attached hydrogen (secondary N) is 15. The van der Waals surface area contributed by atoms with E-state index in [4.69, 9.17) is 11.5 Å². The van der Waals surface area contributed by atoms with Gasteiger partial charge < -0.3 is 111 Å². The summed E-state index contributed by atoms with van der Waals surface area (Å²) in [4.78, 5) is 249. The quantitative estimate of drug-likeness (QED) is 0.0256. The topological polar surface area (TPSA) is 590 Å². The third kappa shape index (κ3) is 27.2. The normalized spacial score (nSPS) is 16.9. The van der Waals surface area contributed by atoms with Crippen LogP contribution in [0.4, 0.5) is 0 Å². The zero-order chi connectivity index (χ0) is 88.3. The van der Waals surface area contributed by atoms with E-state index in [-0.39, 0.29) is 45.4 Å². The highest BCUT2D eigenvalue weighted by molar-refractivity contribution is 6.03. The highest BCUT2D eigenvalue weighted by Gasteiger charge is 2.49. The van der Waals surface area contributed by atoms with Crippen LogP contribution in [0.2, 0.25) is 0 Å². The Labute approximate surface area is 678 Å². The third-order valence-corrected chi connectivity index (χ3v) is 20.1. The Bertz CT molecular complexity index is 4230. The van der Waals surface area contributed by atoms with Gasteiger partial charge in [0.25, 0.3) is 0 Å². The molecule has 3 aromatic rings. The van der Waals surface area contributed by atoms with Crippen molar-refractivity contribution < 1.29 is 96.5 Å². The molecule has 0 unspecified atom stereocenters. The van der Waals surface area contributed by atoms with Gasteiger partial charge in [0.2, 0.25) is 106 Å². The van der Waals surface area contributed by atoms with Crippen LogP contribution >= 0.6 is 0 Å². The number of hydrogen-bond acceptors (Lipinski definition) is 20. The Morgan fingerprint density at radius 3 is 1.62 bits per heavy atom. The van der Waals surface area contributed by atoms with Crippen molar-refractivity contribution in [2.75, 3.05) is 32.8 Å². The van der Waals surface area contributed by atoms with Crippen molar-refractivity contribution in [2.24, 2.45) is 11.5 Å². The maximum absolute atomic E-state index is 14.4. The number of nitrogens with two attached hydrogens (primary N) is 2. The van der Waals surface area contributed by atoms with Crippen LogP contribution in [0.5, 0.6) is 0 Å². The van der Waals surface area contributed by atoms with Gasteiger partial charge in [-0.15, -0.1) is 0 Å². The van der Waals surface area contributed by atoms with E-state index in [0.29, 0.717) is 24.8 Å². The Morgan fingerprint density at radius 2 is 1.02 bits per heavy atom. The summed E-state index contributed by atoms with van der Waals surface area (Å²) in [7, 11) is 0. The summed E-state index contributed by atoms with van der Waals surface area (Å²) in [6.45, 7) is 18.9. The average Bonchev–Trinajstić information content (AvgIpc) is 1.66. The minimum absolute atomic E-state index is 0.0379. The van der Waals surface area contributed by atoms with E-state index in [1.165, 1.54) is 116 Å². The lowest BCUT2D eigenvalue weighted by molar-refractivity contribution is -0.148. The molecule has 21 N–H and O–H groups in total. The molecule has 0 spiro atoms. The number of nitrogens with zero attached hydrogens (tertiary/aromatic N) is 2. The molecule has 2 aromatic carbocycles. The number of primary amides is 2. The summed E-state index contributed by atoms with van der Waals surface area (Å²) >= 11 is 0. The molecule has 39 heteroatoms. The number of β-amino-alcohol motifs (C(OH)–C–C–N with tert-alkyl or cyclic N) is 1. The third-order valence-electron chi connectivity index (χ3n) is 20.1. The number of hydrogen-bond donors (Lipinski definition) is 19. The predicted molar refractivity (Wildman–Crippen MR) is 424 cm³/mol. The van der Waals surface area contributed by atoms with Crippen molar-refractivity contribution in [3.63, 3.8) is 0 Å². The SMILES string of the molecule is CC[C@](C)(NC(=O)[C@H](CCC(N)=O)NC(=O)C(C)(C)NC(=O)[C@H](Cc1c[nH]c2ccccc12)NC(C)=O)C(=O)NCC(=O)NC(C)(C)C(=O)N[C@@H](C)C(=O)NC(C)(C)C(=O)NC(C)(C)C(=O)NCC(=O)N[C@@H](CCC(N)=O)C(=O)NC(C)(C)C(=O)N1C[C@@H](O)C[C@@H]1C(=O)NC(C)(C)C(=O)N1CCC[C@H]1C(=O)N[C@H](CO)Cc1ccccc1. The molecule has 644 valence electrons. The molecular weight excluding hydrogens is 1520 g/mol. The maximum atomic E-state index is 14.4. The number of rotatable bonds is 41. The maximum Gasteiger partial charge on any atom is 0.248 e. The standard InChI is InChI=1S/C78H117N19O20/c1-17-78(16,94-61(107)51(30-32-56(80)102)88-67(113)74(8,9)91-62(108)52(85-43(3)99)35-45-37-81-49-27-22-21-26-48(45)49)69(115)83-39-58(104)89-73(6,7)66(112)84-42(2)59(105)90-75(10,11)68(114)95-72(4,5)65(111)82-38-57(103)87-50(29-31-55(79)101)60(106)92-77(14,15)71(117)97-40-47(100)36-54(97)64(110)93-76(12,13)70(116)96-33-23-28-53(96)63(109)86-46(41-98)34-44-24-19-18-20-25-44/h18-22,24-27,37,42,46-47,50-54,81,98,100H,17,23,28-36,38-41H2,1-16H3,(H2,79,101)(H2,80,102)(H,82,111)(H,83,115)(H,84,112)(H,85,99)(H,86,109)(H,87,103)(H,88,113)(H,89,104)(H,90,105)(H,91,108)(H,92,106)(H,93,110)(H,94,107)(H,95,114)/t42-,46-,47-,50-,51-,52-,53-,54+,78-/m0/s1. The molecular formula is C78H117N19O20. The number of fused-ring (bicyclic) bond motifs is 1. The van der Waals surface area contributed by atoms with Gasteiger partial charge in [-0.05, 0) is 153 Å². The Kier molecular flexibility index (Phi) is 33.0. The Morgan fingerprint density at radius 1 is 0.513 bits per heavy atom. The molecule has 0 aliphatic carbocycles. The minimum Gasteiger partial charge on any atom is -0.394 e. The summed E-state index contributed by atoms with van der Waals surface area (Å²) < 4.78 is 0. The second-order valence-corrected chi connectivity index (χ2v) is 33.0. The first-order chi connectivity index (χ1) is 54.2. The van der Waals surface area contributed by atoms with E-state index in [9.17, 15) is 96.5 Å². The van der Waals surface area contributed by atoms with Crippen molar-refractivity contribution in [3.8, 4) is 0 Å². The van der Waals surface area contributed by atoms with E-state index < -0.39 is 226 Å². The van der Waals surface area contributed by atoms with Crippen LogP contribution in [0.3, 0.4) is 0 Å². The molecule has 0 bridgehead atoms. The Balaban J connectivity index is 1.10. The number of aliphatic hydroxyl groups excluding tert-OH is 2. The number of H-pyrrole nitrogens is 1. The predicted octanol–water partition coefficient (Wildman–Crippen LogP) is -4.22. The molecule has 2 saturated heterocycles. The van der Waals surface area contributed by atoms with Crippen LogP contribution in [0, 0.1) is 0 Å². The van der Waals surface area contributed by atoms with Gasteiger partial charge in [0.1, 0.15) is 75.0 Å². The first-order valence-electron chi connectivity index (χ1n) is 38.6. The highest BCUT2D eigenvalue weighted by atomic mass is 16.3. The second-order valence-electron chi connectivity index (χ2n) is 33.0. The molecule has 2 fully saturated rings. The van der Waals surface area contributed by atoms with Crippen LogP contribution in [0.1, 0.15) is 173 Å². The van der Waals surface area contributed by atoms with Gasteiger partial charge in [0.15, 0.2) is 0 Å². The van der Waals surface area contributed by atoms with Crippen molar-refractivity contribution in [1.29, 1.82) is 0 Å². The lowest BCUT2D eigenvalue weighted by Crippen LogP contribution is -2.65. The first kappa shape index (κ1) is 95.9. The largest absolute Gasteiger partial charge is 0.394 e. The van der Waals surface area contributed by atoms with E-state index in [1.54, 1.807) is 6.20 Å². The van der Waals surface area contributed by atoms with Crippen LogP contribution in [-0.2, 0) is 99.1 Å². The van der Waals surface area contributed by atoms with Crippen molar-refractivity contribution >= 4 is 117 Å². The van der Waals surface area contributed by atoms with Gasteiger partial charge in [-0.25, -0.2) is 0 Å². The molecule has 2 aliphatic rings. The average molecular weight is 1640 g/mol. The van der Waals surface area contributed by atoms with Crippen LogP contribution in [0.15, 0.2) is 60.8 Å². The van der Waals surface area contributed by atoms with Crippen LogP contribution in [0.25, 0.3) is 10.9 Å². The number of amides is 18. The lowest BCUT2D eigenvalue weighted by atomic mass is 9.95. The van der Waals surface area contributed by atoms with Gasteiger partial charge in [-0.3, -0.25) is 86.3 Å². The molecule has 1 aromatic heterocycles. The zero-order valence-corrected chi connectivity index (χ0v) is 69.3. The van der Waals surface area contributed by atoms with Crippen molar-refractivity contribution in [1.82, 2.24) is 89.2 Å². The molecule has 9 atom stereocenters. The summed E-state index contributed by atoms with van der Waals surface area (Å²) in [5, 5.41) is 57.1. The first-order valence-corrected chi connectivity index (χ1v) is 38.6. The van der Waals surface area contributed by atoms with Crippen LogP contribution in [-0.4, -0.2) is 251 Å². The molecule has 0 saturated carbocycles. The Hall–Kier alpha value is -11.6. The van der Waals surface area contributed by atoms with Gasteiger partial charge in [-0.2, -0.15) is 0 Å². The molecule has 39 nitrogen and oxygen atoms in total. The number of aliphatic hydroxyl groups is 2. The molecule has 117 heavy (non-hydrogen) atoms. The number of aromatic amines is 1. The molecule has 18 amide bonds. The van der Waals surface area contributed by atoms with Crippen molar-refractivity contribution in [2.45, 2.75) is 262 Å². The van der Waals surface area contributed by atoms with Gasteiger partial charge >= 0.3 is 0 Å². The summed E-state index contributed by atoms with van der Waals surface area (Å²) in [6.07, 6.45) is -0.363. The minimum atomic E-state index is -1.89. The monoisotopic (exact) mass is 1640 g/mol. The smallest absolute Gasteiger partial charge is 0.248 e. The fraction of sp³-hybridized carbons (Fsp3) is 0.590. The van der Waals surface area contributed by atoms with Gasteiger partial charge in [-0.1, -0.05) is 55.5 Å². The number of aromatic nitrogens is 1. The number of likely N-dealkylation sites (tertiary alicyclic amines) is 2. The van der Waals surface area contributed by atoms with E-state index >= 15 is 0 Å². The number of benzene rings is 2. The molecule has 0 radical (unpaired) electrons. The molecule has 3 heterocycles. The zero-order valence-electron chi connectivity index (χ0n) is 69.3. The second kappa shape index (κ2) is 40.3. The van der Waals surface area contributed by atoms with E-state index in [1.807, 2.05) is 54.6 Å². The summed E-state index contributed by atoms with van der Waals surface area (Å²) in [5.74, 6) is -15.1. The number of carbonyl (C=O) groups excluding carboxylic acids is 18. The molecule has 5 rings (SSSR count).